The smallest absolute Gasteiger partial charge is 0.0970 e. The van der Waals surface area contributed by atoms with E-state index in [1.165, 1.54) is 6.20 Å². The van der Waals surface area contributed by atoms with Crippen LogP contribution in [-0.4, -0.2) is 14.8 Å². The highest BCUT2D eigenvalue weighted by Gasteiger charge is 2.01. The van der Waals surface area contributed by atoms with Crippen LogP contribution in [0.15, 0.2) is 35.3 Å². The minimum absolute atomic E-state index is 0.325. The molecule has 2 heterocycles. The van der Waals surface area contributed by atoms with Crippen LogP contribution in [0, 0.1) is 6.85 Å². The van der Waals surface area contributed by atoms with E-state index in [4.69, 9.17) is 6.85 Å². The number of rotatable bonds is 1. The molecule has 3 nitrogen and oxygen atoms in total. The van der Waals surface area contributed by atoms with E-state index in [0.717, 1.165) is 4.68 Å². The van der Waals surface area contributed by atoms with Gasteiger partial charge in [-0.2, -0.15) is 5.10 Å². The molecule has 0 radical (unpaired) electrons. The summed E-state index contributed by atoms with van der Waals surface area (Å²) in [5, 5.41) is 3.77. The van der Waals surface area contributed by atoms with Gasteiger partial charge in [-0.15, -0.1) is 0 Å². The maximum atomic E-state index is 7.83. The van der Waals surface area contributed by atoms with Crippen LogP contribution < -0.4 is 0 Å². The van der Waals surface area contributed by atoms with Crippen molar-refractivity contribution >= 4 is 15.9 Å². The second-order valence-corrected chi connectivity index (χ2v) is 3.19. The van der Waals surface area contributed by atoms with Gasteiger partial charge < -0.3 is 0 Å². The second-order valence-electron chi connectivity index (χ2n) is 2.34. The molecule has 0 aliphatic rings. The molecule has 0 saturated heterocycles. The van der Waals surface area contributed by atoms with Gasteiger partial charge in [-0.3, -0.25) is 4.98 Å². The van der Waals surface area contributed by atoms with E-state index in [9.17, 15) is 0 Å². The summed E-state index contributed by atoms with van der Waals surface area (Å²) in [6.45, 7) is -2.53. The monoisotopic (exact) mass is 242 g/mol. The summed E-state index contributed by atoms with van der Waals surface area (Å²) in [5.41, 5.74) is 0.0600. The Hall–Kier alpha value is -1.16. The summed E-state index contributed by atoms with van der Waals surface area (Å²) in [4.78, 5) is 3.89. The quantitative estimate of drug-likeness (QED) is 0.769. The van der Waals surface area contributed by atoms with Gasteiger partial charge >= 0.3 is 0 Å². The molecule has 0 fully saturated rings. The molecule has 0 aromatic carbocycles. The van der Waals surface area contributed by atoms with E-state index in [0.29, 0.717) is 10.2 Å². The fourth-order valence-corrected chi connectivity index (χ4v) is 1.28. The number of halogens is 1. The summed E-state index contributed by atoms with van der Waals surface area (Å²) in [6.07, 6.45) is 2.25. The molecule has 13 heavy (non-hydrogen) atoms. The normalized spacial score (nSPS) is 16.8. The van der Waals surface area contributed by atoms with Crippen molar-refractivity contribution in [2.75, 3.05) is 0 Å². The SMILES string of the molecule is [2H]c1nn(-c2cnccc2Br)c([2H])c1C([2H])([2H])[2H]. The van der Waals surface area contributed by atoms with Crippen molar-refractivity contribution in [1.29, 1.82) is 0 Å². The van der Waals surface area contributed by atoms with Crippen LogP contribution in [0.3, 0.4) is 0 Å². The highest BCUT2D eigenvalue weighted by atomic mass is 79.9. The standard InChI is InChI=1S/C9H8BrN3/c1-7-4-12-13(6-7)9-5-11-3-2-8(9)10/h2-6H,1H3/i1D3,4D,6D. The van der Waals surface area contributed by atoms with Crippen molar-refractivity contribution < 1.29 is 6.85 Å². The molecule has 2 aromatic heterocycles. The largest absolute Gasteiger partial charge is 0.262 e. The first kappa shape index (κ1) is 4.37. The van der Waals surface area contributed by atoms with E-state index in [1.54, 1.807) is 12.3 Å². The topological polar surface area (TPSA) is 30.7 Å². The van der Waals surface area contributed by atoms with Crippen LogP contribution in [0.2, 0.25) is 0 Å². The molecule has 4 heteroatoms. The first-order valence-corrected chi connectivity index (χ1v) is 4.28. The lowest BCUT2D eigenvalue weighted by Gasteiger charge is -2.01. The van der Waals surface area contributed by atoms with Crippen LogP contribution in [-0.2, 0) is 0 Å². The van der Waals surface area contributed by atoms with Crippen molar-refractivity contribution in [3.8, 4) is 5.69 Å². The van der Waals surface area contributed by atoms with Gasteiger partial charge in [-0.05, 0) is 34.4 Å². The van der Waals surface area contributed by atoms with Crippen molar-refractivity contribution in [2.45, 2.75) is 6.85 Å². The first-order chi connectivity index (χ1) is 8.32. The lowest BCUT2D eigenvalue weighted by atomic mass is 10.4. The number of hydrogen-bond acceptors (Lipinski definition) is 2. The zero-order chi connectivity index (χ0) is 13.5. The number of aromatic nitrogens is 3. The molecule has 0 saturated carbocycles. The third kappa shape index (κ3) is 1.62. The van der Waals surface area contributed by atoms with E-state index in [1.807, 2.05) is 0 Å². The maximum absolute atomic E-state index is 7.83. The molecule has 66 valence electrons. The second kappa shape index (κ2) is 3.30. The molecular weight excluding hydrogens is 230 g/mol. The van der Waals surface area contributed by atoms with Crippen LogP contribution in [0.25, 0.3) is 5.69 Å². The van der Waals surface area contributed by atoms with E-state index in [-0.39, 0.29) is 11.7 Å². The molecule has 2 rings (SSSR count). The Kier molecular flexibility index (Phi) is 1.11. The Morgan fingerprint density at radius 3 is 3.31 bits per heavy atom. The van der Waals surface area contributed by atoms with E-state index < -0.39 is 13.0 Å². The van der Waals surface area contributed by atoms with Crippen LogP contribution in [0.5, 0.6) is 0 Å². The van der Waals surface area contributed by atoms with Gasteiger partial charge in [0.15, 0.2) is 0 Å². The Morgan fingerprint density at radius 1 is 1.69 bits per heavy atom. The summed E-state index contributed by atoms with van der Waals surface area (Å²) in [7, 11) is 0. The highest BCUT2D eigenvalue weighted by Crippen LogP contribution is 2.18. The molecule has 0 amide bonds. The van der Waals surface area contributed by atoms with Crippen molar-refractivity contribution in [3.63, 3.8) is 0 Å². The lowest BCUT2D eigenvalue weighted by Crippen LogP contribution is -1.95. The van der Waals surface area contributed by atoms with E-state index in [2.05, 4.69) is 26.0 Å². The molecule has 0 unspecified atom stereocenters. The molecule has 0 aliphatic heterocycles. The number of pyridine rings is 1. The summed E-state index contributed by atoms with van der Waals surface area (Å²) < 4.78 is 39.0. The molecular formula is C9H8BrN3. The lowest BCUT2D eigenvalue weighted by molar-refractivity contribution is 0.869. The Labute approximate surface area is 91.6 Å². The average Bonchev–Trinajstić information content (AvgIpc) is 2.54. The summed E-state index contributed by atoms with van der Waals surface area (Å²) in [6, 6.07) is 1.65. The fourth-order valence-electron chi connectivity index (χ4n) is 0.895. The van der Waals surface area contributed by atoms with Gasteiger partial charge in [-0.1, -0.05) is 0 Å². The fraction of sp³-hybridized carbons (Fsp3) is 0.111. The Bertz CT molecular complexity index is 592. The minimum Gasteiger partial charge on any atom is -0.262 e. The summed E-state index contributed by atoms with van der Waals surface area (Å²) >= 11 is 3.27. The molecule has 0 bridgehead atoms. The van der Waals surface area contributed by atoms with Gasteiger partial charge in [-0.25, -0.2) is 4.68 Å². The van der Waals surface area contributed by atoms with Crippen molar-refractivity contribution in [3.05, 3.63) is 40.8 Å². The predicted molar refractivity (Wildman–Crippen MR) is 53.8 cm³/mol. The number of hydrogen-bond donors (Lipinski definition) is 0. The van der Waals surface area contributed by atoms with Crippen molar-refractivity contribution in [2.24, 2.45) is 0 Å². The molecule has 0 N–H and O–H groups in total. The zero-order valence-corrected chi connectivity index (χ0v) is 8.04. The van der Waals surface area contributed by atoms with Crippen LogP contribution in [0.4, 0.5) is 0 Å². The third-order valence-electron chi connectivity index (χ3n) is 1.46. The molecule has 0 atom stereocenters. The molecule has 2 aromatic rings. The van der Waals surface area contributed by atoms with Gasteiger partial charge in [0.1, 0.15) is 0 Å². The van der Waals surface area contributed by atoms with Crippen LogP contribution >= 0.6 is 15.9 Å². The summed E-state index contributed by atoms with van der Waals surface area (Å²) in [5.74, 6) is 0. The van der Waals surface area contributed by atoms with Crippen LogP contribution in [0.1, 0.15) is 12.4 Å². The van der Waals surface area contributed by atoms with E-state index >= 15 is 0 Å². The number of nitrogens with zero attached hydrogens (tertiary/aromatic N) is 3. The van der Waals surface area contributed by atoms with Crippen molar-refractivity contribution in [1.82, 2.24) is 14.8 Å². The molecule has 0 aliphatic carbocycles. The highest BCUT2D eigenvalue weighted by molar-refractivity contribution is 9.10. The maximum Gasteiger partial charge on any atom is 0.0970 e. The zero-order valence-electron chi connectivity index (χ0n) is 11.5. The molecule has 0 spiro atoms. The first-order valence-electron chi connectivity index (χ1n) is 5.99. The van der Waals surface area contributed by atoms with Gasteiger partial charge in [0.25, 0.3) is 0 Å². The Balaban J connectivity index is 2.66. The van der Waals surface area contributed by atoms with Gasteiger partial charge in [0.2, 0.25) is 0 Å². The average molecular weight is 243 g/mol. The predicted octanol–water partition coefficient (Wildman–Crippen LogP) is 2.34. The van der Waals surface area contributed by atoms with Gasteiger partial charge in [0, 0.05) is 21.0 Å². The Morgan fingerprint density at radius 2 is 2.62 bits per heavy atom. The van der Waals surface area contributed by atoms with Gasteiger partial charge in [0.05, 0.1) is 20.8 Å². The minimum atomic E-state index is -2.53. The third-order valence-corrected chi connectivity index (χ3v) is 2.13.